The minimum Gasteiger partial charge on any atom is -0.444 e. The Morgan fingerprint density at radius 2 is 1.81 bits per heavy atom. The molecule has 3 heterocycles. The summed E-state index contributed by atoms with van der Waals surface area (Å²) in [5.41, 5.74) is 0.720. The van der Waals surface area contributed by atoms with E-state index in [0.717, 1.165) is 50.9 Å². The number of rotatable bonds is 6. The fraction of sp³-hybridized carbons (Fsp3) is 0.690. The zero-order valence-electron chi connectivity index (χ0n) is 22.5. The molecule has 3 aliphatic heterocycles. The number of Topliss-reactive ketones (excluding diaryl/α,β-unsaturated/α-hetero) is 1. The maximum absolute atomic E-state index is 15.2. The number of hydrogen-bond acceptors (Lipinski definition) is 6. The summed E-state index contributed by atoms with van der Waals surface area (Å²) in [5, 5.41) is 9.85. The smallest absolute Gasteiger partial charge is 0.411 e. The number of nitrogens with zero attached hydrogens (tertiary/aromatic N) is 4. The highest BCUT2D eigenvalue weighted by molar-refractivity contribution is 5.89. The van der Waals surface area contributed by atoms with Gasteiger partial charge < -0.3 is 14.5 Å². The van der Waals surface area contributed by atoms with E-state index in [9.17, 15) is 14.9 Å². The van der Waals surface area contributed by atoms with E-state index < -0.39 is 23.7 Å². The number of amides is 1. The van der Waals surface area contributed by atoms with Gasteiger partial charge in [0.1, 0.15) is 11.4 Å². The molecule has 5 rings (SSSR count). The predicted molar refractivity (Wildman–Crippen MR) is 139 cm³/mol. The molecule has 1 aromatic carbocycles. The average molecular weight is 511 g/mol. The molecule has 0 spiro atoms. The van der Waals surface area contributed by atoms with Crippen molar-refractivity contribution in [2.75, 3.05) is 25.0 Å². The van der Waals surface area contributed by atoms with E-state index >= 15 is 4.39 Å². The molecule has 4 aliphatic rings. The number of carbonyl (C=O) groups excluding carboxylic acids is 2. The van der Waals surface area contributed by atoms with Crippen LogP contribution >= 0.6 is 0 Å². The van der Waals surface area contributed by atoms with Gasteiger partial charge in [-0.2, -0.15) is 5.26 Å². The Morgan fingerprint density at radius 3 is 2.43 bits per heavy atom. The van der Waals surface area contributed by atoms with Crippen LogP contribution in [-0.2, 0) is 16.0 Å². The van der Waals surface area contributed by atoms with Crippen LogP contribution in [0.1, 0.15) is 64.9 Å². The summed E-state index contributed by atoms with van der Waals surface area (Å²) in [5.74, 6) is -0.971. The summed E-state index contributed by atoms with van der Waals surface area (Å²) in [4.78, 5) is 32.7. The van der Waals surface area contributed by atoms with Crippen molar-refractivity contribution in [3.8, 4) is 6.07 Å². The highest BCUT2D eigenvalue weighted by atomic mass is 19.1. The zero-order chi connectivity index (χ0) is 26.5. The third-order valence-electron chi connectivity index (χ3n) is 8.62. The monoisotopic (exact) mass is 510 g/mol. The van der Waals surface area contributed by atoms with Crippen molar-refractivity contribution in [1.82, 2.24) is 9.80 Å². The Morgan fingerprint density at radius 1 is 1.14 bits per heavy atom. The molecule has 2 unspecified atom stereocenters. The van der Waals surface area contributed by atoms with Crippen molar-refractivity contribution in [1.29, 1.82) is 5.26 Å². The largest absolute Gasteiger partial charge is 0.444 e. The van der Waals surface area contributed by atoms with Gasteiger partial charge >= 0.3 is 6.09 Å². The van der Waals surface area contributed by atoms with Crippen molar-refractivity contribution in [3.05, 3.63) is 29.6 Å². The van der Waals surface area contributed by atoms with Gasteiger partial charge in [0.25, 0.3) is 0 Å². The first-order valence-corrected chi connectivity index (χ1v) is 13.7. The second-order valence-electron chi connectivity index (χ2n) is 12.5. The first-order valence-electron chi connectivity index (χ1n) is 13.7. The molecule has 4 bridgehead atoms. The number of benzene rings is 1. The summed E-state index contributed by atoms with van der Waals surface area (Å²) in [6.07, 6.45) is 4.57. The number of piperazine rings is 1. The number of piperidine rings is 1. The Balaban J connectivity index is 1.25. The van der Waals surface area contributed by atoms with Crippen molar-refractivity contribution >= 4 is 17.6 Å². The Labute approximate surface area is 219 Å². The summed E-state index contributed by atoms with van der Waals surface area (Å²) in [6.45, 7) is 7.42. The van der Waals surface area contributed by atoms with E-state index in [-0.39, 0.29) is 36.4 Å². The van der Waals surface area contributed by atoms with Gasteiger partial charge in [0, 0.05) is 43.3 Å². The predicted octanol–water partition coefficient (Wildman–Crippen LogP) is 4.54. The Bertz CT molecular complexity index is 1080. The number of nitriles is 1. The standard InChI is InChI=1S/C29H39FN4O3/c1-29(2,3)37-28(36)34-21-8-6-20(13-21)27(34)26(35)12-18(15-31)11-19-5-7-22(14-25(19)30)33-23-9-10-24(33)17-32(4)16-23/h5,7,14,18,20-21,23-24,27H,6,8-13,16-17H2,1-4H3/t18-,20+,21-,23?,24?,27+/m1/s1. The molecule has 1 amide bonds. The minimum absolute atomic E-state index is 0.00742. The van der Waals surface area contributed by atoms with Gasteiger partial charge in [0.2, 0.25) is 0 Å². The number of fused-ring (bicyclic) bond motifs is 4. The number of halogens is 1. The van der Waals surface area contributed by atoms with Gasteiger partial charge in [-0.3, -0.25) is 9.69 Å². The van der Waals surface area contributed by atoms with Crippen molar-refractivity contribution < 1.29 is 18.7 Å². The number of hydrogen-bond donors (Lipinski definition) is 0. The molecule has 7 nitrogen and oxygen atoms in total. The lowest BCUT2D eigenvalue weighted by molar-refractivity contribution is -0.126. The van der Waals surface area contributed by atoms with Crippen LogP contribution in [0.25, 0.3) is 0 Å². The van der Waals surface area contributed by atoms with Crippen LogP contribution in [0.5, 0.6) is 0 Å². The van der Waals surface area contributed by atoms with E-state index in [1.807, 2.05) is 26.8 Å². The average Bonchev–Trinajstić information content (AvgIpc) is 3.50. The molecule has 4 fully saturated rings. The van der Waals surface area contributed by atoms with Crippen LogP contribution < -0.4 is 4.90 Å². The molecule has 1 saturated carbocycles. The third-order valence-corrected chi connectivity index (χ3v) is 8.62. The quantitative estimate of drug-likeness (QED) is 0.559. The highest BCUT2D eigenvalue weighted by Gasteiger charge is 2.52. The lowest BCUT2D eigenvalue weighted by Crippen LogP contribution is -2.52. The highest BCUT2D eigenvalue weighted by Crippen LogP contribution is 2.44. The molecule has 37 heavy (non-hydrogen) atoms. The number of carbonyl (C=O) groups is 2. The minimum atomic E-state index is -0.646. The molecule has 200 valence electrons. The van der Waals surface area contributed by atoms with Crippen LogP contribution in [0.15, 0.2) is 18.2 Å². The molecular formula is C29H39FN4O3. The molecule has 3 saturated heterocycles. The van der Waals surface area contributed by atoms with Crippen LogP contribution in [0.3, 0.4) is 0 Å². The number of ether oxygens (including phenoxy) is 1. The van der Waals surface area contributed by atoms with Crippen LogP contribution in [0.2, 0.25) is 0 Å². The Hall–Kier alpha value is -2.66. The van der Waals surface area contributed by atoms with Crippen molar-refractivity contribution in [3.63, 3.8) is 0 Å². The molecule has 0 aromatic heterocycles. The second-order valence-corrected chi connectivity index (χ2v) is 12.5. The SMILES string of the molecule is CN1CC2CCC(C1)N2c1ccc(C[C@@H](C#N)CC(=O)[C@@H]2[C@H]3CC[C@H](C3)N2C(=O)OC(C)(C)C)c(F)c1. The fourth-order valence-electron chi connectivity index (χ4n) is 7.17. The molecule has 1 aliphatic carbocycles. The van der Waals surface area contributed by atoms with E-state index in [1.54, 1.807) is 17.0 Å². The van der Waals surface area contributed by atoms with Gasteiger partial charge in [0.05, 0.1) is 18.0 Å². The molecule has 1 aromatic rings. The lowest BCUT2D eigenvalue weighted by atomic mass is 9.88. The first-order chi connectivity index (χ1) is 17.5. The van der Waals surface area contributed by atoms with Crippen molar-refractivity contribution in [2.45, 2.75) is 95.5 Å². The molecular weight excluding hydrogens is 471 g/mol. The lowest BCUT2D eigenvalue weighted by Gasteiger charge is -2.41. The number of likely N-dealkylation sites (N-methyl/N-ethyl adjacent to an activating group) is 1. The summed E-state index contributed by atoms with van der Waals surface area (Å²) in [6, 6.07) is 7.86. The van der Waals surface area contributed by atoms with Gasteiger partial charge in [-0.1, -0.05) is 6.07 Å². The first kappa shape index (κ1) is 26.0. The topological polar surface area (TPSA) is 76.9 Å². The zero-order valence-corrected chi connectivity index (χ0v) is 22.5. The number of likely N-dealkylation sites (tertiary alicyclic amines) is 2. The summed E-state index contributed by atoms with van der Waals surface area (Å²) >= 11 is 0. The molecule has 8 heteroatoms. The van der Waals surface area contributed by atoms with E-state index in [0.29, 0.717) is 17.6 Å². The summed E-state index contributed by atoms with van der Waals surface area (Å²) in [7, 11) is 2.14. The van der Waals surface area contributed by atoms with Crippen LogP contribution in [-0.4, -0.2) is 71.6 Å². The van der Waals surface area contributed by atoms with Crippen molar-refractivity contribution in [2.24, 2.45) is 11.8 Å². The number of anilines is 1. The third kappa shape index (κ3) is 5.20. The van der Waals surface area contributed by atoms with E-state index in [4.69, 9.17) is 4.74 Å². The maximum atomic E-state index is 15.2. The van der Waals surface area contributed by atoms with Gasteiger partial charge in [-0.05, 0) is 90.0 Å². The number of ketones is 1. The summed E-state index contributed by atoms with van der Waals surface area (Å²) < 4.78 is 20.8. The maximum Gasteiger partial charge on any atom is 0.411 e. The van der Waals surface area contributed by atoms with E-state index in [2.05, 4.69) is 22.9 Å². The van der Waals surface area contributed by atoms with Gasteiger partial charge in [0.15, 0.2) is 5.78 Å². The van der Waals surface area contributed by atoms with Gasteiger partial charge in [-0.25, -0.2) is 9.18 Å². The van der Waals surface area contributed by atoms with Gasteiger partial charge in [-0.15, -0.1) is 0 Å². The normalized spacial score (nSPS) is 29.9. The molecule has 6 atom stereocenters. The van der Waals surface area contributed by atoms with Crippen LogP contribution in [0.4, 0.5) is 14.9 Å². The molecule has 0 N–H and O–H groups in total. The Kier molecular flexibility index (Phi) is 6.95. The fourth-order valence-corrected chi connectivity index (χ4v) is 7.17. The second kappa shape index (κ2) is 9.90. The van der Waals surface area contributed by atoms with Crippen LogP contribution in [0, 0.1) is 29.0 Å². The van der Waals surface area contributed by atoms with E-state index in [1.165, 1.54) is 0 Å². The molecule has 0 radical (unpaired) electrons.